The van der Waals surface area contributed by atoms with Gasteiger partial charge in [0.25, 0.3) is 0 Å². The normalized spacial score (nSPS) is 23.2. The summed E-state index contributed by atoms with van der Waals surface area (Å²) in [4.78, 5) is 2.37. The second-order valence-corrected chi connectivity index (χ2v) is 6.01. The average molecular weight is 293 g/mol. The van der Waals surface area contributed by atoms with Crippen LogP contribution < -0.4 is 4.74 Å². The highest BCUT2D eigenvalue weighted by Crippen LogP contribution is 2.17. The van der Waals surface area contributed by atoms with Gasteiger partial charge in [0.15, 0.2) is 0 Å². The summed E-state index contributed by atoms with van der Waals surface area (Å²) in [6.45, 7) is 9.64. The monoisotopic (exact) mass is 293 g/mol. The zero-order chi connectivity index (χ0) is 15.2. The molecule has 1 N–H and O–H groups in total. The van der Waals surface area contributed by atoms with Gasteiger partial charge in [-0.2, -0.15) is 0 Å². The van der Waals surface area contributed by atoms with E-state index in [1.54, 1.807) is 0 Å². The van der Waals surface area contributed by atoms with Gasteiger partial charge in [-0.3, -0.25) is 4.90 Å². The molecule has 0 aliphatic carbocycles. The Kier molecular flexibility index (Phi) is 6.03. The molecular formula is C17H27NO3. The number of hydrogen-bond donors (Lipinski definition) is 1. The van der Waals surface area contributed by atoms with Crippen LogP contribution in [0.2, 0.25) is 0 Å². The second-order valence-electron chi connectivity index (χ2n) is 6.01. The van der Waals surface area contributed by atoms with Crippen molar-refractivity contribution in [3.05, 3.63) is 29.3 Å². The van der Waals surface area contributed by atoms with Crippen molar-refractivity contribution in [2.24, 2.45) is 0 Å². The van der Waals surface area contributed by atoms with Crippen LogP contribution in [-0.2, 0) is 4.74 Å². The number of morpholine rings is 1. The first-order valence-electron chi connectivity index (χ1n) is 7.76. The number of nitrogens with zero attached hydrogens (tertiary/aromatic N) is 1. The fraction of sp³-hybridized carbons (Fsp3) is 0.647. The van der Waals surface area contributed by atoms with Crippen LogP contribution in [0.3, 0.4) is 0 Å². The van der Waals surface area contributed by atoms with E-state index in [1.807, 2.05) is 0 Å². The third-order valence-electron chi connectivity index (χ3n) is 3.89. The molecule has 0 aromatic heterocycles. The molecule has 1 saturated heterocycles. The van der Waals surface area contributed by atoms with E-state index in [0.717, 1.165) is 31.9 Å². The second kappa shape index (κ2) is 7.78. The molecule has 2 atom stereocenters. The topological polar surface area (TPSA) is 41.9 Å². The lowest BCUT2D eigenvalue weighted by molar-refractivity contribution is -0.0784. The van der Waals surface area contributed by atoms with Crippen molar-refractivity contribution < 1.29 is 14.6 Å². The lowest BCUT2D eigenvalue weighted by Crippen LogP contribution is -2.49. The lowest BCUT2D eigenvalue weighted by atomic mass is 10.1. The number of aliphatic hydroxyl groups excluding tert-OH is 1. The van der Waals surface area contributed by atoms with Crippen LogP contribution in [0.4, 0.5) is 0 Å². The van der Waals surface area contributed by atoms with Gasteiger partial charge in [0.2, 0.25) is 0 Å². The van der Waals surface area contributed by atoms with Crippen molar-refractivity contribution >= 4 is 0 Å². The van der Waals surface area contributed by atoms with Gasteiger partial charge in [-0.05, 0) is 50.5 Å². The number of hydrogen-bond acceptors (Lipinski definition) is 4. The zero-order valence-corrected chi connectivity index (χ0v) is 13.3. The molecule has 1 aliphatic heterocycles. The molecule has 2 rings (SSSR count). The van der Waals surface area contributed by atoms with Gasteiger partial charge >= 0.3 is 0 Å². The van der Waals surface area contributed by atoms with Crippen molar-refractivity contribution in [1.29, 1.82) is 0 Å². The molecule has 1 aliphatic rings. The van der Waals surface area contributed by atoms with Gasteiger partial charge in [0, 0.05) is 19.1 Å². The third-order valence-corrected chi connectivity index (χ3v) is 3.89. The largest absolute Gasteiger partial charge is 0.494 e. The van der Waals surface area contributed by atoms with Crippen molar-refractivity contribution in [3.8, 4) is 5.75 Å². The van der Waals surface area contributed by atoms with Crippen molar-refractivity contribution in [2.45, 2.75) is 39.3 Å². The summed E-state index contributed by atoms with van der Waals surface area (Å²) >= 11 is 0. The van der Waals surface area contributed by atoms with Gasteiger partial charge in [0.1, 0.15) is 5.75 Å². The minimum atomic E-state index is -0.0402. The summed E-state index contributed by atoms with van der Waals surface area (Å²) in [5.74, 6) is 0.954. The molecule has 21 heavy (non-hydrogen) atoms. The van der Waals surface area contributed by atoms with E-state index in [-0.39, 0.29) is 12.7 Å². The van der Waals surface area contributed by atoms with E-state index in [4.69, 9.17) is 9.47 Å². The Balaban J connectivity index is 1.73. The fourth-order valence-electron chi connectivity index (χ4n) is 2.77. The minimum absolute atomic E-state index is 0.0402. The van der Waals surface area contributed by atoms with E-state index in [2.05, 4.69) is 43.9 Å². The Labute approximate surface area is 127 Å². The number of benzene rings is 1. The summed E-state index contributed by atoms with van der Waals surface area (Å²) in [6, 6.07) is 6.71. The Morgan fingerprint density at radius 3 is 2.67 bits per heavy atom. The quantitative estimate of drug-likeness (QED) is 0.816. The first kappa shape index (κ1) is 16.3. The Morgan fingerprint density at radius 1 is 1.29 bits per heavy atom. The van der Waals surface area contributed by atoms with Crippen molar-refractivity contribution in [1.82, 2.24) is 4.90 Å². The van der Waals surface area contributed by atoms with Crippen molar-refractivity contribution in [3.63, 3.8) is 0 Å². The van der Waals surface area contributed by atoms with E-state index in [0.29, 0.717) is 12.6 Å². The summed E-state index contributed by atoms with van der Waals surface area (Å²) < 4.78 is 11.4. The van der Waals surface area contributed by atoms with E-state index < -0.39 is 0 Å². The molecule has 118 valence electrons. The number of rotatable bonds is 6. The molecule has 1 fully saturated rings. The van der Waals surface area contributed by atoms with E-state index in [9.17, 15) is 5.11 Å². The molecule has 4 heteroatoms. The zero-order valence-electron chi connectivity index (χ0n) is 13.3. The lowest BCUT2D eigenvalue weighted by Gasteiger charge is -2.37. The smallest absolute Gasteiger partial charge is 0.119 e. The van der Waals surface area contributed by atoms with Crippen molar-refractivity contribution in [2.75, 3.05) is 32.9 Å². The number of aryl methyl sites for hydroxylation is 2. The molecule has 4 nitrogen and oxygen atoms in total. The Hall–Kier alpha value is -1.10. The highest BCUT2D eigenvalue weighted by Gasteiger charge is 2.24. The third kappa shape index (κ3) is 4.99. The molecule has 2 unspecified atom stereocenters. The molecule has 0 radical (unpaired) electrons. The first-order chi connectivity index (χ1) is 10.1. The van der Waals surface area contributed by atoms with Gasteiger partial charge in [-0.25, -0.2) is 0 Å². The molecular weight excluding hydrogens is 266 g/mol. The fourth-order valence-corrected chi connectivity index (χ4v) is 2.77. The molecule has 1 aromatic carbocycles. The molecule has 0 amide bonds. The summed E-state index contributed by atoms with van der Waals surface area (Å²) in [5.41, 5.74) is 2.47. The van der Waals surface area contributed by atoms with Crippen LogP contribution >= 0.6 is 0 Å². The molecule has 0 saturated carbocycles. The molecule has 0 spiro atoms. The van der Waals surface area contributed by atoms with Gasteiger partial charge in [-0.1, -0.05) is 6.07 Å². The average Bonchev–Trinajstić information content (AvgIpc) is 2.44. The maximum Gasteiger partial charge on any atom is 0.119 e. The highest BCUT2D eigenvalue weighted by molar-refractivity contribution is 5.32. The number of ether oxygens (including phenoxy) is 2. The van der Waals surface area contributed by atoms with Crippen LogP contribution in [0, 0.1) is 13.8 Å². The van der Waals surface area contributed by atoms with Crippen LogP contribution in [0.1, 0.15) is 24.5 Å². The van der Waals surface area contributed by atoms with Crippen LogP contribution in [0.15, 0.2) is 18.2 Å². The predicted octanol–water partition coefficient (Wildman–Crippen LogP) is 2.15. The minimum Gasteiger partial charge on any atom is -0.494 e. The Bertz CT molecular complexity index is 429. The van der Waals surface area contributed by atoms with E-state index in [1.165, 1.54) is 11.1 Å². The first-order valence-corrected chi connectivity index (χ1v) is 7.76. The van der Waals surface area contributed by atoms with Crippen LogP contribution in [-0.4, -0.2) is 55.1 Å². The molecule has 1 heterocycles. The predicted molar refractivity (Wildman–Crippen MR) is 83.9 cm³/mol. The van der Waals surface area contributed by atoms with Gasteiger partial charge in [0.05, 0.1) is 25.9 Å². The Morgan fingerprint density at radius 2 is 2.00 bits per heavy atom. The van der Waals surface area contributed by atoms with Gasteiger partial charge < -0.3 is 14.6 Å². The number of aliphatic hydroxyl groups is 1. The van der Waals surface area contributed by atoms with Crippen LogP contribution in [0.25, 0.3) is 0 Å². The van der Waals surface area contributed by atoms with Gasteiger partial charge in [-0.15, -0.1) is 0 Å². The molecule has 0 bridgehead atoms. The van der Waals surface area contributed by atoms with E-state index >= 15 is 0 Å². The summed E-state index contributed by atoms with van der Waals surface area (Å²) in [5, 5.41) is 9.19. The summed E-state index contributed by atoms with van der Waals surface area (Å²) in [7, 11) is 0. The standard InChI is InChI=1S/C17H27NO3/c1-13-7-14(2)9-16(8-13)20-6-4-5-18-10-17(11-19)21-12-15(18)3/h7-9,15,17,19H,4-6,10-12H2,1-3H3. The summed E-state index contributed by atoms with van der Waals surface area (Å²) in [6.07, 6.45) is 0.941. The molecule has 1 aromatic rings. The SMILES string of the molecule is Cc1cc(C)cc(OCCCN2CC(CO)OCC2C)c1. The maximum atomic E-state index is 9.19. The highest BCUT2D eigenvalue weighted by atomic mass is 16.5. The maximum absolute atomic E-state index is 9.19. The van der Waals surface area contributed by atoms with Crippen LogP contribution in [0.5, 0.6) is 5.75 Å².